The molecule has 0 aromatic carbocycles. The minimum Gasteiger partial charge on any atom is -0.478 e. The highest BCUT2D eigenvalue weighted by Crippen LogP contribution is 2.18. The van der Waals surface area contributed by atoms with Crippen LogP contribution < -0.4 is 10.9 Å². The molecule has 0 saturated heterocycles. The molecule has 1 aromatic heterocycles. The molecule has 6 nitrogen and oxygen atoms in total. The fraction of sp³-hybridized carbons (Fsp3) is 0.364. The quantitative estimate of drug-likeness (QED) is 0.759. The molecule has 1 amide bonds. The van der Waals surface area contributed by atoms with Crippen LogP contribution >= 0.6 is 0 Å². The molecule has 1 fully saturated rings. The Bertz CT molecular complexity index is 516. The Morgan fingerprint density at radius 1 is 1.41 bits per heavy atom. The number of aromatic nitrogens is 1. The summed E-state index contributed by atoms with van der Waals surface area (Å²) in [5.74, 6) is -1.39. The van der Waals surface area contributed by atoms with E-state index in [1.54, 1.807) is 0 Å². The van der Waals surface area contributed by atoms with Crippen molar-refractivity contribution < 1.29 is 14.7 Å². The Balaban J connectivity index is 2.12. The van der Waals surface area contributed by atoms with Crippen LogP contribution in [0.2, 0.25) is 0 Å². The number of carbonyl (C=O) groups excluding carboxylic acids is 1. The fourth-order valence-electron chi connectivity index (χ4n) is 1.44. The second-order valence-corrected chi connectivity index (χ2v) is 4.03. The van der Waals surface area contributed by atoms with E-state index >= 15 is 0 Å². The summed E-state index contributed by atoms with van der Waals surface area (Å²) in [5.41, 5.74) is -0.398. The van der Waals surface area contributed by atoms with Crippen molar-refractivity contribution in [2.24, 2.45) is 0 Å². The maximum atomic E-state index is 11.5. The molecule has 0 aliphatic heterocycles. The van der Waals surface area contributed by atoms with E-state index < -0.39 is 5.97 Å². The number of hydrogen-bond donors (Lipinski definition) is 2. The van der Waals surface area contributed by atoms with E-state index in [1.807, 2.05) is 0 Å². The van der Waals surface area contributed by atoms with Crippen molar-refractivity contribution in [3.8, 4) is 0 Å². The molecule has 1 saturated carbocycles. The predicted octanol–water partition coefficient (Wildman–Crippen LogP) is -0.175. The van der Waals surface area contributed by atoms with E-state index in [4.69, 9.17) is 5.11 Å². The van der Waals surface area contributed by atoms with E-state index in [-0.39, 0.29) is 29.6 Å². The molecule has 1 heterocycles. The van der Waals surface area contributed by atoms with Crippen LogP contribution in [0.15, 0.2) is 23.1 Å². The second kappa shape index (κ2) is 4.40. The molecule has 1 aliphatic rings. The van der Waals surface area contributed by atoms with Gasteiger partial charge in [0.25, 0.3) is 5.56 Å². The number of carbonyl (C=O) groups is 2. The molecular weight excluding hydrogens is 224 g/mol. The number of pyridine rings is 1. The van der Waals surface area contributed by atoms with Gasteiger partial charge in [-0.2, -0.15) is 0 Å². The van der Waals surface area contributed by atoms with E-state index in [9.17, 15) is 14.4 Å². The molecular formula is C11H12N2O4. The molecule has 0 spiro atoms. The SMILES string of the molecule is O=C(Cn1cc(C(=O)O)ccc1=O)NC1CC1. The summed E-state index contributed by atoms with van der Waals surface area (Å²) in [6, 6.07) is 2.59. The van der Waals surface area contributed by atoms with Gasteiger partial charge in [0.2, 0.25) is 5.91 Å². The normalized spacial score (nSPS) is 14.4. The van der Waals surface area contributed by atoms with Crippen LogP contribution in [0, 0.1) is 0 Å². The molecule has 90 valence electrons. The van der Waals surface area contributed by atoms with Gasteiger partial charge in [0, 0.05) is 18.3 Å². The third kappa shape index (κ3) is 2.93. The average molecular weight is 236 g/mol. The maximum Gasteiger partial charge on any atom is 0.337 e. The van der Waals surface area contributed by atoms with Gasteiger partial charge in [0.05, 0.1) is 5.56 Å². The average Bonchev–Trinajstić information content (AvgIpc) is 3.04. The molecule has 0 bridgehead atoms. The van der Waals surface area contributed by atoms with Crippen molar-refractivity contribution >= 4 is 11.9 Å². The van der Waals surface area contributed by atoms with Gasteiger partial charge in [0.1, 0.15) is 6.54 Å². The number of rotatable bonds is 4. The first kappa shape index (κ1) is 11.4. The zero-order chi connectivity index (χ0) is 12.4. The third-order valence-corrected chi connectivity index (χ3v) is 2.49. The van der Waals surface area contributed by atoms with Gasteiger partial charge in [0.15, 0.2) is 0 Å². The molecule has 0 atom stereocenters. The highest BCUT2D eigenvalue weighted by Gasteiger charge is 2.23. The van der Waals surface area contributed by atoms with Crippen LogP contribution in [0.4, 0.5) is 0 Å². The highest BCUT2D eigenvalue weighted by molar-refractivity contribution is 5.87. The number of nitrogens with zero attached hydrogens (tertiary/aromatic N) is 1. The number of carboxylic acids is 1. The van der Waals surface area contributed by atoms with Crippen LogP contribution in [-0.2, 0) is 11.3 Å². The topological polar surface area (TPSA) is 88.4 Å². The van der Waals surface area contributed by atoms with E-state index in [2.05, 4.69) is 5.32 Å². The summed E-state index contributed by atoms with van der Waals surface area (Å²) < 4.78 is 1.10. The van der Waals surface area contributed by atoms with Crippen LogP contribution in [0.1, 0.15) is 23.2 Å². The number of hydrogen-bond acceptors (Lipinski definition) is 3. The summed E-state index contributed by atoms with van der Waals surface area (Å²) >= 11 is 0. The molecule has 2 rings (SSSR count). The summed E-state index contributed by atoms with van der Waals surface area (Å²) in [5, 5.41) is 11.5. The van der Waals surface area contributed by atoms with Gasteiger partial charge in [-0.15, -0.1) is 0 Å². The van der Waals surface area contributed by atoms with Crippen LogP contribution in [0.25, 0.3) is 0 Å². The van der Waals surface area contributed by atoms with Crippen molar-refractivity contribution in [2.75, 3.05) is 0 Å². The van der Waals surface area contributed by atoms with Gasteiger partial charge in [-0.3, -0.25) is 9.59 Å². The lowest BCUT2D eigenvalue weighted by atomic mass is 10.3. The lowest BCUT2D eigenvalue weighted by molar-refractivity contribution is -0.121. The summed E-state index contributed by atoms with van der Waals surface area (Å²) in [6.07, 6.45) is 3.11. The molecule has 0 unspecified atom stereocenters. The van der Waals surface area contributed by atoms with Gasteiger partial charge in [-0.05, 0) is 18.9 Å². The number of nitrogens with one attached hydrogen (secondary N) is 1. The van der Waals surface area contributed by atoms with Crippen molar-refractivity contribution in [1.29, 1.82) is 0 Å². The minimum atomic E-state index is -1.12. The minimum absolute atomic E-state index is 0.0104. The zero-order valence-electron chi connectivity index (χ0n) is 9.05. The lowest BCUT2D eigenvalue weighted by Crippen LogP contribution is -2.33. The second-order valence-electron chi connectivity index (χ2n) is 4.03. The van der Waals surface area contributed by atoms with Crippen molar-refractivity contribution in [2.45, 2.75) is 25.4 Å². The molecule has 17 heavy (non-hydrogen) atoms. The van der Waals surface area contributed by atoms with E-state index in [0.29, 0.717) is 0 Å². The molecule has 1 aromatic rings. The number of carboxylic acid groups (broad SMARTS) is 1. The van der Waals surface area contributed by atoms with Crippen molar-refractivity contribution in [3.05, 3.63) is 34.2 Å². The molecule has 0 radical (unpaired) electrons. The van der Waals surface area contributed by atoms with E-state index in [1.165, 1.54) is 12.3 Å². The molecule has 2 N–H and O–H groups in total. The Hall–Kier alpha value is -2.11. The summed E-state index contributed by atoms with van der Waals surface area (Å²) in [6.45, 7) is -0.142. The van der Waals surface area contributed by atoms with Crippen LogP contribution in [0.5, 0.6) is 0 Å². The Morgan fingerprint density at radius 3 is 2.71 bits per heavy atom. The smallest absolute Gasteiger partial charge is 0.337 e. The van der Waals surface area contributed by atoms with E-state index in [0.717, 1.165) is 23.5 Å². The van der Waals surface area contributed by atoms with Crippen molar-refractivity contribution in [1.82, 2.24) is 9.88 Å². The molecule has 6 heteroatoms. The monoisotopic (exact) mass is 236 g/mol. The number of aromatic carboxylic acids is 1. The largest absolute Gasteiger partial charge is 0.478 e. The third-order valence-electron chi connectivity index (χ3n) is 2.49. The summed E-state index contributed by atoms with van der Waals surface area (Å²) in [7, 11) is 0. The Labute approximate surface area is 96.9 Å². The first-order valence-corrected chi connectivity index (χ1v) is 5.29. The van der Waals surface area contributed by atoms with Crippen molar-refractivity contribution in [3.63, 3.8) is 0 Å². The Morgan fingerprint density at radius 2 is 2.12 bits per heavy atom. The zero-order valence-corrected chi connectivity index (χ0v) is 9.05. The van der Waals surface area contributed by atoms with Crippen LogP contribution in [-0.4, -0.2) is 27.6 Å². The summed E-state index contributed by atoms with van der Waals surface area (Å²) in [4.78, 5) is 33.6. The first-order valence-electron chi connectivity index (χ1n) is 5.29. The standard InChI is InChI=1S/C11H12N2O4/c14-9(12-8-2-3-8)6-13-5-7(11(16)17)1-4-10(13)15/h1,4-5,8H,2-3,6H2,(H,12,14)(H,16,17). The van der Waals surface area contributed by atoms with Crippen LogP contribution in [0.3, 0.4) is 0 Å². The predicted molar refractivity (Wildman–Crippen MR) is 58.8 cm³/mol. The maximum absolute atomic E-state index is 11.5. The fourth-order valence-corrected chi connectivity index (χ4v) is 1.44. The first-order chi connectivity index (χ1) is 8.06. The highest BCUT2D eigenvalue weighted by atomic mass is 16.4. The number of amides is 1. The lowest BCUT2D eigenvalue weighted by Gasteiger charge is -2.06. The Kier molecular flexibility index (Phi) is 2.95. The molecule has 1 aliphatic carbocycles. The van der Waals surface area contributed by atoms with Gasteiger partial charge >= 0.3 is 5.97 Å². The van der Waals surface area contributed by atoms with Gasteiger partial charge in [-0.1, -0.05) is 0 Å². The van der Waals surface area contributed by atoms with Gasteiger partial charge in [-0.25, -0.2) is 4.79 Å². The van der Waals surface area contributed by atoms with Gasteiger partial charge < -0.3 is 15.0 Å².